The predicted molar refractivity (Wildman–Crippen MR) is 186 cm³/mol. The first-order chi connectivity index (χ1) is 23.6. The molecule has 9 nitrogen and oxygen atoms in total. The van der Waals surface area contributed by atoms with E-state index in [1.165, 1.54) is 31.4 Å². The Labute approximate surface area is 277 Å². The molecule has 5 heterocycles. The molecule has 10 heteroatoms. The van der Waals surface area contributed by atoms with Crippen LogP contribution in [-0.2, 0) is 4.79 Å². The smallest absolute Gasteiger partial charge is 0.227 e. The van der Waals surface area contributed by atoms with E-state index in [0.717, 1.165) is 89.6 Å². The molecule has 2 aliphatic rings. The first-order valence-electron chi connectivity index (χ1n) is 17.0. The molecule has 48 heavy (non-hydrogen) atoms. The van der Waals surface area contributed by atoms with Crippen molar-refractivity contribution in [2.75, 3.05) is 31.6 Å². The summed E-state index contributed by atoms with van der Waals surface area (Å²) in [7, 11) is 0. The number of benzene rings is 2. The van der Waals surface area contributed by atoms with Crippen LogP contribution in [0.2, 0.25) is 0 Å². The summed E-state index contributed by atoms with van der Waals surface area (Å²) >= 11 is 0. The second-order valence-electron chi connectivity index (χ2n) is 13.0. The number of aromatic nitrogens is 5. The Hall–Kier alpha value is -5.09. The number of nitrogens with one attached hydrogen (secondary N) is 3. The third kappa shape index (κ3) is 6.27. The van der Waals surface area contributed by atoms with E-state index in [-0.39, 0.29) is 17.6 Å². The highest BCUT2D eigenvalue weighted by Crippen LogP contribution is 2.36. The summed E-state index contributed by atoms with van der Waals surface area (Å²) in [5.74, 6) is 0.279. The molecule has 1 amide bonds. The van der Waals surface area contributed by atoms with Crippen molar-refractivity contribution < 1.29 is 13.9 Å². The van der Waals surface area contributed by atoms with Gasteiger partial charge in [0.25, 0.3) is 0 Å². The minimum absolute atomic E-state index is 0.0696. The number of carbonyl (C=O) groups excluding carboxylic acids is 1. The largest absolute Gasteiger partial charge is 0.492 e. The Balaban J connectivity index is 1.07. The molecule has 1 saturated heterocycles. The van der Waals surface area contributed by atoms with Crippen molar-refractivity contribution in [2.24, 2.45) is 5.92 Å². The van der Waals surface area contributed by atoms with Crippen molar-refractivity contribution in [3.05, 3.63) is 79.0 Å². The second kappa shape index (κ2) is 13.2. The van der Waals surface area contributed by atoms with Crippen molar-refractivity contribution in [1.82, 2.24) is 30.0 Å². The van der Waals surface area contributed by atoms with Crippen LogP contribution in [0.15, 0.2) is 73.2 Å². The van der Waals surface area contributed by atoms with Gasteiger partial charge >= 0.3 is 0 Å². The normalized spacial score (nSPS) is 15.8. The van der Waals surface area contributed by atoms with Crippen LogP contribution in [0.1, 0.15) is 44.9 Å². The van der Waals surface area contributed by atoms with Gasteiger partial charge in [0.2, 0.25) is 5.91 Å². The molecule has 1 aliphatic carbocycles. The number of halogens is 1. The number of carbonyl (C=O) groups is 1. The molecule has 0 atom stereocenters. The summed E-state index contributed by atoms with van der Waals surface area (Å²) in [6, 6.07) is 16.8. The van der Waals surface area contributed by atoms with Crippen molar-refractivity contribution in [1.29, 1.82) is 0 Å². The lowest BCUT2D eigenvalue weighted by Crippen LogP contribution is -2.25. The topological polar surface area (TPSA) is 112 Å². The first kappa shape index (κ1) is 30.3. The minimum Gasteiger partial charge on any atom is -0.492 e. The van der Waals surface area contributed by atoms with Gasteiger partial charge in [0.15, 0.2) is 0 Å². The molecule has 0 bridgehead atoms. The van der Waals surface area contributed by atoms with Crippen molar-refractivity contribution in [3.63, 3.8) is 0 Å². The number of likely N-dealkylation sites (tertiary alicyclic amines) is 1. The van der Waals surface area contributed by atoms with Crippen LogP contribution in [0.3, 0.4) is 0 Å². The molecule has 2 aromatic carbocycles. The van der Waals surface area contributed by atoms with Crippen molar-refractivity contribution in [3.8, 4) is 39.5 Å². The third-order valence-electron chi connectivity index (χ3n) is 9.70. The number of aromatic amines is 2. The van der Waals surface area contributed by atoms with E-state index < -0.39 is 0 Å². The fourth-order valence-electron chi connectivity index (χ4n) is 7.17. The molecule has 1 aliphatic heterocycles. The fourth-order valence-corrected chi connectivity index (χ4v) is 7.17. The van der Waals surface area contributed by atoms with Gasteiger partial charge in [-0.1, -0.05) is 25.3 Å². The SMILES string of the molecule is O=C(Nc1cncc(-c2ccc3[nH]nc(-c4cc5c(-c6cc(F)cc(OCCN7CCCC7)c6)nccc5[nH]4)c3c2)c1)C1CCCCC1. The van der Waals surface area contributed by atoms with Crippen LogP contribution in [0.25, 0.3) is 55.6 Å². The number of amides is 1. The zero-order valence-electron chi connectivity index (χ0n) is 26.8. The number of pyridine rings is 2. The van der Waals surface area contributed by atoms with E-state index in [0.29, 0.717) is 29.3 Å². The second-order valence-corrected chi connectivity index (χ2v) is 13.0. The quantitative estimate of drug-likeness (QED) is 0.147. The first-order valence-corrected chi connectivity index (χ1v) is 17.0. The maximum atomic E-state index is 14.8. The van der Waals surface area contributed by atoms with Crippen LogP contribution < -0.4 is 10.1 Å². The maximum Gasteiger partial charge on any atom is 0.227 e. The molecule has 0 spiro atoms. The lowest BCUT2D eigenvalue weighted by Gasteiger charge is -2.20. The zero-order valence-corrected chi connectivity index (χ0v) is 26.8. The Kier molecular flexibility index (Phi) is 8.32. The summed E-state index contributed by atoms with van der Waals surface area (Å²) in [5.41, 5.74) is 7.21. The highest BCUT2D eigenvalue weighted by Gasteiger charge is 2.22. The average Bonchev–Trinajstić information content (AvgIpc) is 3.88. The lowest BCUT2D eigenvalue weighted by atomic mass is 9.88. The molecule has 0 radical (unpaired) electrons. The number of fused-ring (bicyclic) bond motifs is 2. The van der Waals surface area contributed by atoms with Gasteiger partial charge < -0.3 is 15.0 Å². The highest BCUT2D eigenvalue weighted by molar-refractivity contribution is 6.01. The van der Waals surface area contributed by atoms with Crippen LogP contribution in [-0.4, -0.2) is 62.2 Å². The van der Waals surface area contributed by atoms with Gasteiger partial charge in [-0.3, -0.25) is 24.8 Å². The van der Waals surface area contributed by atoms with E-state index >= 15 is 0 Å². The highest BCUT2D eigenvalue weighted by atomic mass is 19.1. The molecule has 4 aromatic heterocycles. The molecule has 8 rings (SSSR count). The van der Waals surface area contributed by atoms with E-state index in [1.807, 2.05) is 36.4 Å². The summed E-state index contributed by atoms with van der Waals surface area (Å²) < 4.78 is 20.8. The van der Waals surface area contributed by atoms with Gasteiger partial charge in [-0.15, -0.1) is 0 Å². The Morgan fingerprint density at radius 3 is 2.60 bits per heavy atom. The summed E-state index contributed by atoms with van der Waals surface area (Å²) in [6.45, 7) is 3.53. The number of ether oxygens (including phenoxy) is 1. The van der Waals surface area contributed by atoms with E-state index in [2.05, 4.69) is 41.4 Å². The average molecular weight is 644 g/mol. The summed E-state index contributed by atoms with van der Waals surface area (Å²) in [4.78, 5) is 27.8. The van der Waals surface area contributed by atoms with Crippen LogP contribution in [0.5, 0.6) is 5.75 Å². The van der Waals surface area contributed by atoms with Gasteiger partial charge in [0.1, 0.15) is 23.9 Å². The van der Waals surface area contributed by atoms with Crippen LogP contribution >= 0.6 is 0 Å². The third-order valence-corrected chi connectivity index (χ3v) is 9.70. The van der Waals surface area contributed by atoms with Gasteiger partial charge in [-0.25, -0.2) is 4.39 Å². The summed E-state index contributed by atoms with van der Waals surface area (Å²) in [6.07, 6.45) is 13.0. The number of H-pyrrole nitrogens is 2. The number of hydrogen-bond acceptors (Lipinski definition) is 6. The minimum atomic E-state index is -0.365. The Morgan fingerprint density at radius 2 is 1.73 bits per heavy atom. The maximum absolute atomic E-state index is 14.8. The fraction of sp³-hybridized carbons (Fsp3) is 0.316. The Bertz CT molecular complexity index is 2090. The Morgan fingerprint density at radius 1 is 0.875 bits per heavy atom. The molecule has 6 aromatic rings. The lowest BCUT2D eigenvalue weighted by molar-refractivity contribution is -0.120. The van der Waals surface area contributed by atoms with Crippen LogP contribution in [0, 0.1) is 11.7 Å². The van der Waals surface area contributed by atoms with Gasteiger partial charge in [0, 0.05) is 58.3 Å². The van der Waals surface area contributed by atoms with E-state index in [4.69, 9.17) is 4.74 Å². The molecular formula is C38H38FN7O2. The molecule has 244 valence electrons. The van der Waals surface area contributed by atoms with E-state index in [1.54, 1.807) is 18.6 Å². The van der Waals surface area contributed by atoms with Crippen LogP contribution in [0.4, 0.5) is 10.1 Å². The zero-order chi connectivity index (χ0) is 32.5. The number of nitrogens with zero attached hydrogens (tertiary/aromatic N) is 4. The van der Waals surface area contributed by atoms with Crippen molar-refractivity contribution in [2.45, 2.75) is 44.9 Å². The molecular weight excluding hydrogens is 605 g/mol. The van der Waals surface area contributed by atoms with E-state index in [9.17, 15) is 9.18 Å². The van der Waals surface area contributed by atoms with Crippen molar-refractivity contribution >= 4 is 33.4 Å². The monoisotopic (exact) mass is 643 g/mol. The van der Waals surface area contributed by atoms with Gasteiger partial charge in [-0.05, 0) is 86.8 Å². The molecule has 1 saturated carbocycles. The number of rotatable bonds is 9. The van der Waals surface area contributed by atoms with Gasteiger partial charge in [0.05, 0.1) is 28.8 Å². The molecule has 2 fully saturated rings. The van der Waals surface area contributed by atoms with Gasteiger partial charge in [-0.2, -0.15) is 5.10 Å². The summed E-state index contributed by atoms with van der Waals surface area (Å²) in [5, 5.41) is 12.7. The number of hydrogen-bond donors (Lipinski definition) is 3. The standard InChI is InChI=1S/C38H38FN7O2/c39-28-16-26(18-30(20-28)48-15-14-46-12-4-5-13-46)36-32-21-35(43-33(32)10-11-41-36)37-31-19-25(8-9-34(31)44-45-37)27-17-29(23-40-22-27)42-38(47)24-6-2-1-3-7-24/h8-11,16-24,43H,1-7,12-15H2,(H,42,47)(H,44,45). The predicted octanol–water partition coefficient (Wildman–Crippen LogP) is 7.97. The molecule has 0 unspecified atom stereocenters. The molecule has 3 N–H and O–H groups in total. The number of anilines is 1.